The highest BCUT2D eigenvalue weighted by molar-refractivity contribution is 5.82. The number of fused-ring (bicyclic) bond motifs is 1. The van der Waals surface area contributed by atoms with E-state index in [-0.39, 0.29) is 11.9 Å². The molecular weight excluding hydrogens is 140 g/mol. The molecule has 0 aromatic carbocycles. The average Bonchev–Trinajstić information content (AvgIpc) is 2.06. The van der Waals surface area contributed by atoms with Crippen molar-refractivity contribution in [1.29, 1.82) is 0 Å². The number of amides is 1. The Bertz CT molecular complexity index is 167. The zero-order chi connectivity index (χ0) is 7.68. The summed E-state index contributed by atoms with van der Waals surface area (Å²) in [5.41, 5.74) is 0. The van der Waals surface area contributed by atoms with E-state index in [1.807, 2.05) is 0 Å². The minimum Gasteiger partial charge on any atom is -0.353 e. The van der Waals surface area contributed by atoms with Crippen molar-refractivity contribution in [2.75, 3.05) is 19.6 Å². The lowest BCUT2D eigenvalue weighted by molar-refractivity contribution is -0.130. The molecule has 3 heteroatoms. The van der Waals surface area contributed by atoms with Gasteiger partial charge >= 0.3 is 0 Å². The molecule has 0 radical (unpaired) electrons. The van der Waals surface area contributed by atoms with Gasteiger partial charge in [-0.15, -0.1) is 0 Å². The number of piperidine rings is 1. The van der Waals surface area contributed by atoms with Crippen LogP contribution in [0.2, 0.25) is 0 Å². The predicted molar refractivity (Wildman–Crippen MR) is 42.2 cm³/mol. The summed E-state index contributed by atoms with van der Waals surface area (Å²) in [6.07, 6.45) is 3.55. The highest BCUT2D eigenvalue weighted by Gasteiger charge is 2.30. The minimum atomic E-state index is 0.206. The van der Waals surface area contributed by atoms with Crippen LogP contribution in [-0.4, -0.2) is 36.5 Å². The van der Waals surface area contributed by atoms with Crippen molar-refractivity contribution in [3.05, 3.63) is 0 Å². The van der Waals surface area contributed by atoms with Gasteiger partial charge in [0, 0.05) is 13.1 Å². The van der Waals surface area contributed by atoms with Gasteiger partial charge in [-0.25, -0.2) is 0 Å². The first kappa shape index (κ1) is 7.10. The van der Waals surface area contributed by atoms with Gasteiger partial charge in [-0.3, -0.25) is 9.69 Å². The molecule has 11 heavy (non-hydrogen) atoms. The van der Waals surface area contributed by atoms with Crippen molar-refractivity contribution < 1.29 is 4.79 Å². The van der Waals surface area contributed by atoms with Gasteiger partial charge in [0.25, 0.3) is 0 Å². The molecule has 0 bridgehead atoms. The van der Waals surface area contributed by atoms with Crippen molar-refractivity contribution >= 4 is 5.91 Å². The van der Waals surface area contributed by atoms with Crippen LogP contribution >= 0.6 is 0 Å². The van der Waals surface area contributed by atoms with E-state index in [4.69, 9.17) is 0 Å². The third kappa shape index (κ3) is 1.25. The van der Waals surface area contributed by atoms with Crippen molar-refractivity contribution in [1.82, 2.24) is 10.2 Å². The first-order chi connectivity index (χ1) is 5.38. The van der Waals surface area contributed by atoms with Crippen LogP contribution in [0, 0.1) is 0 Å². The molecule has 0 saturated carbocycles. The van der Waals surface area contributed by atoms with Crippen LogP contribution in [0.1, 0.15) is 19.3 Å². The fraction of sp³-hybridized carbons (Fsp3) is 0.875. The number of nitrogens with zero attached hydrogens (tertiary/aromatic N) is 1. The van der Waals surface area contributed by atoms with Gasteiger partial charge in [0.05, 0.1) is 6.04 Å². The Morgan fingerprint density at radius 1 is 1.36 bits per heavy atom. The second kappa shape index (κ2) is 2.81. The molecule has 1 atom stereocenters. The first-order valence-corrected chi connectivity index (χ1v) is 4.40. The Hall–Kier alpha value is -0.570. The molecule has 1 N–H and O–H groups in total. The van der Waals surface area contributed by atoms with Crippen molar-refractivity contribution in [2.45, 2.75) is 25.3 Å². The molecular formula is C8H14N2O. The Labute approximate surface area is 66.8 Å². The number of carbonyl (C=O) groups is 1. The van der Waals surface area contributed by atoms with E-state index >= 15 is 0 Å². The van der Waals surface area contributed by atoms with Gasteiger partial charge in [0.1, 0.15) is 0 Å². The van der Waals surface area contributed by atoms with Crippen molar-refractivity contribution in [2.24, 2.45) is 0 Å². The maximum atomic E-state index is 11.3. The number of hydrogen-bond acceptors (Lipinski definition) is 2. The summed E-state index contributed by atoms with van der Waals surface area (Å²) in [5, 5.41) is 2.90. The Balaban J connectivity index is 2.05. The minimum absolute atomic E-state index is 0.206. The average molecular weight is 154 g/mol. The van der Waals surface area contributed by atoms with Crippen LogP contribution in [0.4, 0.5) is 0 Å². The van der Waals surface area contributed by atoms with Gasteiger partial charge in [0.15, 0.2) is 0 Å². The maximum Gasteiger partial charge on any atom is 0.237 e. The van der Waals surface area contributed by atoms with E-state index in [1.165, 1.54) is 12.8 Å². The molecule has 0 aromatic heterocycles. The fourth-order valence-corrected chi connectivity index (χ4v) is 2.00. The first-order valence-electron chi connectivity index (χ1n) is 4.40. The zero-order valence-corrected chi connectivity index (χ0v) is 6.68. The zero-order valence-electron chi connectivity index (χ0n) is 6.68. The fourth-order valence-electron chi connectivity index (χ4n) is 2.00. The number of rotatable bonds is 0. The van der Waals surface area contributed by atoms with Crippen LogP contribution in [0.25, 0.3) is 0 Å². The lowest BCUT2D eigenvalue weighted by Crippen LogP contribution is -2.56. The smallest absolute Gasteiger partial charge is 0.237 e. The Morgan fingerprint density at radius 2 is 2.27 bits per heavy atom. The van der Waals surface area contributed by atoms with Gasteiger partial charge < -0.3 is 5.32 Å². The number of nitrogens with one attached hydrogen (secondary N) is 1. The number of carbonyl (C=O) groups excluding carboxylic acids is 1. The SMILES string of the molecule is O=C1NCCN2CCCC[C@@H]12. The number of piperazine rings is 1. The monoisotopic (exact) mass is 154 g/mol. The summed E-state index contributed by atoms with van der Waals surface area (Å²) in [4.78, 5) is 13.6. The molecule has 0 aromatic rings. The molecule has 1 amide bonds. The molecule has 3 nitrogen and oxygen atoms in total. The molecule has 2 saturated heterocycles. The molecule has 2 fully saturated rings. The summed E-state index contributed by atoms with van der Waals surface area (Å²) in [6, 6.07) is 0.206. The van der Waals surface area contributed by atoms with Gasteiger partial charge in [0.2, 0.25) is 5.91 Å². The van der Waals surface area contributed by atoms with E-state index in [0.29, 0.717) is 0 Å². The molecule has 62 valence electrons. The number of hydrogen-bond donors (Lipinski definition) is 1. The van der Waals surface area contributed by atoms with Crippen LogP contribution in [0.3, 0.4) is 0 Å². The van der Waals surface area contributed by atoms with Crippen LogP contribution in [-0.2, 0) is 4.79 Å². The highest BCUT2D eigenvalue weighted by atomic mass is 16.2. The Morgan fingerprint density at radius 3 is 3.09 bits per heavy atom. The second-order valence-corrected chi connectivity index (χ2v) is 3.34. The molecule has 0 unspecified atom stereocenters. The van der Waals surface area contributed by atoms with E-state index < -0.39 is 0 Å². The quantitative estimate of drug-likeness (QED) is 0.531. The van der Waals surface area contributed by atoms with Crippen LogP contribution in [0.15, 0.2) is 0 Å². The van der Waals surface area contributed by atoms with Crippen LogP contribution < -0.4 is 5.32 Å². The summed E-state index contributed by atoms with van der Waals surface area (Å²) < 4.78 is 0. The molecule has 2 heterocycles. The standard InChI is InChI=1S/C8H14N2O/c11-8-7-3-1-2-5-10(7)6-4-9-8/h7H,1-6H2,(H,9,11)/t7-/m0/s1. The molecule has 0 aliphatic carbocycles. The third-order valence-electron chi connectivity index (χ3n) is 2.61. The van der Waals surface area contributed by atoms with E-state index in [1.54, 1.807) is 0 Å². The Kier molecular flexibility index (Phi) is 1.82. The molecule has 2 rings (SSSR count). The lowest BCUT2D eigenvalue weighted by atomic mass is 10.00. The van der Waals surface area contributed by atoms with Gasteiger partial charge in [-0.05, 0) is 19.4 Å². The molecule has 2 aliphatic heterocycles. The van der Waals surface area contributed by atoms with Gasteiger partial charge in [-0.2, -0.15) is 0 Å². The van der Waals surface area contributed by atoms with Crippen LogP contribution in [0.5, 0.6) is 0 Å². The molecule has 0 spiro atoms. The van der Waals surface area contributed by atoms with E-state index in [9.17, 15) is 4.79 Å². The predicted octanol–water partition coefficient (Wildman–Crippen LogP) is -0.0293. The normalized spacial score (nSPS) is 32.7. The largest absolute Gasteiger partial charge is 0.353 e. The van der Waals surface area contributed by atoms with E-state index in [2.05, 4.69) is 10.2 Å². The highest BCUT2D eigenvalue weighted by Crippen LogP contribution is 2.18. The summed E-state index contributed by atoms with van der Waals surface area (Å²) in [6.45, 7) is 3.02. The molecule has 2 aliphatic rings. The van der Waals surface area contributed by atoms with E-state index in [0.717, 1.165) is 26.1 Å². The lowest BCUT2D eigenvalue weighted by Gasteiger charge is -2.38. The van der Waals surface area contributed by atoms with Gasteiger partial charge in [-0.1, -0.05) is 6.42 Å². The van der Waals surface area contributed by atoms with Crippen molar-refractivity contribution in [3.8, 4) is 0 Å². The topological polar surface area (TPSA) is 32.3 Å². The maximum absolute atomic E-state index is 11.3. The second-order valence-electron chi connectivity index (χ2n) is 3.34. The third-order valence-corrected chi connectivity index (χ3v) is 2.61. The summed E-state index contributed by atoms with van der Waals surface area (Å²) >= 11 is 0. The van der Waals surface area contributed by atoms with Crippen molar-refractivity contribution in [3.63, 3.8) is 0 Å². The summed E-state index contributed by atoms with van der Waals surface area (Å²) in [7, 11) is 0. The summed E-state index contributed by atoms with van der Waals surface area (Å²) in [5.74, 6) is 0.246.